The molecule has 0 N–H and O–H groups in total. The summed E-state index contributed by atoms with van der Waals surface area (Å²) in [6, 6.07) is 8.18. The van der Waals surface area contributed by atoms with Gasteiger partial charge in [0.2, 0.25) is 0 Å². The Morgan fingerprint density at radius 3 is 2.38 bits per heavy atom. The van der Waals surface area contributed by atoms with Crippen LogP contribution in [0.5, 0.6) is 0 Å². The first-order valence-electron chi connectivity index (χ1n) is 4.59. The van der Waals surface area contributed by atoms with Crippen LogP contribution >= 0.6 is 27.5 Å². The summed E-state index contributed by atoms with van der Waals surface area (Å²) in [6.07, 6.45) is 2.38. The lowest BCUT2D eigenvalue weighted by atomic mass is 9.94. The average molecular weight is 262 g/mol. The number of hydrogen-bond acceptors (Lipinski definition) is 0. The van der Waals surface area contributed by atoms with Crippen LogP contribution < -0.4 is 0 Å². The Labute approximate surface area is 93.4 Å². The molecule has 1 atom stereocenters. The van der Waals surface area contributed by atoms with E-state index >= 15 is 0 Å². The van der Waals surface area contributed by atoms with Crippen LogP contribution in [0.2, 0.25) is 5.02 Å². The molecular formula is C11H14BrCl. The van der Waals surface area contributed by atoms with E-state index < -0.39 is 0 Å². The number of benzene rings is 1. The zero-order valence-electron chi connectivity index (χ0n) is 7.76. The molecule has 0 spiro atoms. The maximum absolute atomic E-state index is 5.83. The summed E-state index contributed by atoms with van der Waals surface area (Å²) in [5, 5.41) is 1.88. The quantitative estimate of drug-likeness (QED) is 0.694. The SMILES string of the molecule is CCC(CCBr)c1ccc(Cl)cc1. The van der Waals surface area contributed by atoms with Gasteiger partial charge in [-0.3, -0.25) is 0 Å². The minimum atomic E-state index is 0.664. The summed E-state index contributed by atoms with van der Waals surface area (Å²) in [6.45, 7) is 2.22. The van der Waals surface area contributed by atoms with Crippen molar-refractivity contribution in [3.05, 3.63) is 34.9 Å². The molecule has 1 rings (SSSR count). The van der Waals surface area contributed by atoms with Gasteiger partial charge in [-0.05, 0) is 36.5 Å². The molecule has 0 amide bonds. The smallest absolute Gasteiger partial charge is 0.0406 e. The molecular weight excluding hydrogens is 247 g/mol. The molecule has 1 aromatic rings. The summed E-state index contributed by atoms with van der Waals surface area (Å²) in [4.78, 5) is 0. The van der Waals surface area contributed by atoms with Crippen LogP contribution in [0.1, 0.15) is 31.2 Å². The van der Waals surface area contributed by atoms with Crippen LogP contribution in [0, 0.1) is 0 Å². The highest BCUT2D eigenvalue weighted by atomic mass is 79.9. The molecule has 13 heavy (non-hydrogen) atoms. The summed E-state index contributed by atoms with van der Waals surface area (Å²) < 4.78 is 0. The summed E-state index contributed by atoms with van der Waals surface area (Å²) in [5.74, 6) is 0.664. The largest absolute Gasteiger partial charge is 0.0928 e. The average Bonchev–Trinajstić information content (AvgIpc) is 2.16. The minimum Gasteiger partial charge on any atom is -0.0928 e. The molecule has 0 heterocycles. The van der Waals surface area contributed by atoms with Crippen LogP contribution in [0.3, 0.4) is 0 Å². The fourth-order valence-corrected chi connectivity index (χ4v) is 2.15. The van der Waals surface area contributed by atoms with E-state index in [1.165, 1.54) is 18.4 Å². The van der Waals surface area contributed by atoms with Crippen LogP contribution in [-0.4, -0.2) is 5.33 Å². The lowest BCUT2D eigenvalue weighted by molar-refractivity contribution is 0.649. The van der Waals surface area contributed by atoms with E-state index in [4.69, 9.17) is 11.6 Å². The minimum absolute atomic E-state index is 0.664. The van der Waals surface area contributed by atoms with Crippen molar-refractivity contribution in [2.24, 2.45) is 0 Å². The Bertz CT molecular complexity index is 243. The third kappa shape index (κ3) is 3.32. The molecule has 0 bridgehead atoms. The first kappa shape index (κ1) is 11.1. The lowest BCUT2D eigenvalue weighted by Gasteiger charge is -2.13. The number of hydrogen-bond donors (Lipinski definition) is 0. The topological polar surface area (TPSA) is 0 Å². The molecule has 0 aliphatic heterocycles. The second-order valence-electron chi connectivity index (χ2n) is 3.13. The predicted molar refractivity (Wildman–Crippen MR) is 62.9 cm³/mol. The zero-order valence-corrected chi connectivity index (χ0v) is 10.1. The maximum atomic E-state index is 5.83. The van der Waals surface area contributed by atoms with Crippen LogP contribution in [-0.2, 0) is 0 Å². The van der Waals surface area contributed by atoms with Gasteiger partial charge >= 0.3 is 0 Å². The Kier molecular flexibility index (Phi) is 4.82. The van der Waals surface area contributed by atoms with Gasteiger partial charge in [-0.2, -0.15) is 0 Å². The fourth-order valence-electron chi connectivity index (χ4n) is 1.47. The molecule has 0 saturated carbocycles. The van der Waals surface area contributed by atoms with Gasteiger partial charge in [0.05, 0.1) is 0 Å². The second-order valence-corrected chi connectivity index (χ2v) is 4.36. The molecule has 0 aliphatic rings. The van der Waals surface area contributed by atoms with Gasteiger partial charge < -0.3 is 0 Å². The highest BCUT2D eigenvalue weighted by molar-refractivity contribution is 9.09. The summed E-state index contributed by atoms with van der Waals surface area (Å²) in [7, 11) is 0. The molecule has 0 aromatic heterocycles. The van der Waals surface area contributed by atoms with E-state index in [1.54, 1.807) is 0 Å². The lowest BCUT2D eigenvalue weighted by Crippen LogP contribution is -1.97. The van der Waals surface area contributed by atoms with E-state index in [0.717, 1.165) is 10.4 Å². The van der Waals surface area contributed by atoms with Gasteiger partial charge in [0.1, 0.15) is 0 Å². The summed E-state index contributed by atoms with van der Waals surface area (Å²) >= 11 is 9.30. The summed E-state index contributed by atoms with van der Waals surface area (Å²) in [5.41, 5.74) is 1.39. The van der Waals surface area contributed by atoms with E-state index in [1.807, 2.05) is 12.1 Å². The van der Waals surface area contributed by atoms with Crippen molar-refractivity contribution in [2.75, 3.05) is 5.33 Å². The van der Waals surface area contributed by atoms with Crippen LogP contribution in [0.15, 0.2) is 24.3 Å². The first-order chi connectivity index (χ1) is 6.27. The van der Waals surface area contributed by atoms with E-state index in [0.29, 0.717) is 5.92 Å². The molecule has 0 radical (unpaired) electrons. The highest BCUT2D eigenvalue weighted by Crippen LogP contribution is 2.25. The Balaban J connectivity index is 2.73. The van der Waals surface area contributed by atoms with E-state index in [9.17, 15) is 0 Å². The molecule has 2 heteroatoms. The van der Waals surface area contributed by atoms with Gasteiger partial charge in [-0.25, -0.2) is 0 Å². The normalized spacial score (nSPS) is 12.8. The third-order valence-corrected chi connectivity index (χ3v) is 3.00. The van der Waals surface area contributed by atoms with Crippen molar-refractivity contribution in [3.63, 3.8) is 0 Å². The number of halogens is 2. The second kappa shape index (κ2) is 5.66. The molecule has 72 valence electrons. The molecule has 0 nitrogen and oxygen atoms in total. The number of rotatable bonds is 4. The van der Waals surface area contributed by atoms with Crippen molar-refractivity contribution in [3.8, 4) is 0 Å². The van der Waals surface area contributed by atoms with Gasteiger partial charge in [0, 0.05) is 10.4 Å². The van der Waals surface area contributed by atoms with Crippen molar-refractivity contribution in [1.82, 2.24) is 0 Å². The molecule has 0 aliphatic carbocycles. The maximum Gasteiger partial charge on any atom is 0.0406 e. The molecule has 0 fully saturated rings. The van der Waals surface area contributed by atoms with E-state index in [-0.39, 0.29) is 0 Å². The van der Waals surface area contributed by atoms with Crippen molar-refractivity contribution in [2.45, 2.75) is 25.7 Å². The van der Waals surface area contributed by atoms with Crippen molar-refractivity contribution >= 4 is 27.5 Å². The van der Waals surface area contributed by atoms with Gasteiger partial charge in [0.15, 0.2) is 0 Å². The molecule has 1 unspecified atom stereocenters. The van der Waals surface area contributed by atoms with E-state index in [2.05, 4.69) is 35.0 Å². The van der Waals surface area contributed by atoms with Gasteiger partial charge in [0.25, 0.3) is 0 Å². The Morgan fingerprint density at radius 1 is 1.31 bits per heavy atom. The van der Waals surface area contributed by atoms with Crippen LogP contribution in [0.25, 0.3) is 0 Å². The van der Waals surface area contributed by atoms with Crippen molar-refractivity contribution < 1.29 is 0 Å². The predicted octanol–water partition coefficient (Wildman–Crippen LogP) is 4.62. The van der Waals surface area contributed by atoms with Gasteiger partial charge in [-0.15, -0.1) is 0 Å². The van der Waals surface area contributed by atoms with Gasteiger partial charge in [-0.1, -0.05) is 46.6 Å². The Hall–Kier alpha value is -0.0100. The molecule has 0 saturated heterocycles. The highest BCUT2D eigenvalue weighted by Gasteiger charge is 2.07. The standard InChI is InChI=1S/C11H14BrCl/c1-2-9(7-8-12)10-3-5-11(13)6-4-10/h3-6,9H,2,7-8H2,1H3. The monoisotopic (exact) mass is 260 g/mol. The fraction of sp³-hybridized carbons (Fsp3) is 0.455. The zero-order chi connectivity index (χ0) is 9.68. The van der Waals surface area contributed by atoms with Crippen molar-refractivity contribution in [1.29, 1.82) is 0 Å². The third-order valence-electron chi connectivity index (χ3n) is 2.29. The molecule has 1 aromatic carbocycles. The van der Waals surface area contributed by atoms with Crippen LogP contribution in [0.4, 0.5) is 0 Å². The Morgan fingerprint density at radius 2 is 1.92 bits per heavy atom. The first-order valence-corrected chi connectivity index (χ1v) is 6.09. The number of alkyl halides is 1.